The van der Waals surface area contributed by atoms with Crippen molar-refractivity contribution in [2.45, 2.75) is 104 Å². The Hall–Kier alpha value is -1.59. The summed E-state index contributed by atoms with van der Waals surface area (Å²) in [4.78, 5) is 39.3. The van der Waals surface area contributed by atoms with Crippen LogP contribution in [0, 0.1) is 40.4 Å². The Morgan fingerprint density at radius 3 is 2.47 bits per heavy atom. The van der Waals surface area contributed by atoms with Crippen molar-refractivity contribution in [2.24, 2.45) is 40.4 Å². The highest BCUT2D eigenvalue weighted by atomic mass is 16.6. The first kappa shape index (κ1) is 25.5. The Kier molecular flexibility index (Phi) is 7.10. The third-order valence-corrected chi connectivity index (χ3v) is 10.5. The molecule has 8 atom stereocenters. The summed E-state index contributed by atoms with van der Waals surface area (Å²) in [6.07, 6.45) is 9.35. The summed E-state index contributed by atoms with van der Waals surface area (Å²) in [5, 5.41) is 0. The average molecular weight is 476 g/mol. The van der Waals surface area contributed by atoms with Crippen LogP contribution in [0.3, 0.4) is 0 Å². The number of ketones is 1. The lowest BCUT2D eigenvalue weighted by Gasteiger charge is -2.60. The van der Waals surface area contributed by atoms with Gasteiger partial charge in [0.15, 0.2) is 0 Å². The molecule has 4 saturated carbocycles. The average Bonchev–Trinajstić information content (AvgIpc) is 3.11. The number of likely N-dealkylation sites (N-methyl/N-ethyl adjacent to an activating group) is 1. The van der Waals surface area contributed by atoms with Gasteiger partial charge in [-0.25, -0.2) is 9.59 Å². The van der Waals surface area contributed by atoms with Gasteiger partial charge in [0.05, 0.1) is 7.11 Å². The molecule has 4 rings (SSSR count). The van der Waals surface area contributed by atoms with Gasteiger partial charge >= 0.3 is 12.1 Å². The molecular formula is C28H45NO5. The van der Waals surface area contributed by atoms with Crippen molar-refractivity contribution in [3.8, 4) is 0 Å². The van der Waals surface area contributed by atoms with Crippen molar-refractivity contribution in [3.05, 3.63) is 0 Å². The molecule has 0 bridgehead atoms. The quantitative estimate of drug-likeness (QED) is 0.482. The van der Waals surface area contributed by atoms with Crippen LogP contribution in [0.15, 0.2) is 0 Å². The molecule has 0 spiro atoms. The third-order valence-electron chi connectivity index (χ3n) is 10.5. The third kappa shape index (κ3) is 4.28. The van der Waals surface area contributed by atoms with E-state index in [1.165, 1.54) is 31.3 Å². The standard InChI is InChI=1S/C28H45NO5/c1-17(2)15-23(25(31)33-6)29(5)26(32)34-19-11-13-27(3)18(16-19)7-8-20-21-9-10-24(30)28(21,4)14-12-22(20)27/h17-23H,7-16H2,1-6H3. The van der Waals surface area contributed by atoms with Gasteiger partial charge in [0.25, 0.3) is 0 Å². The Bertz CT molecular complexity index is 811. The summed E-state index contributed by atoms with van der Waals surface area (Å²) in [6.45, 7) is 8.78. The van der Waals surface area contributed by atoms with E-state index in [9.17, 15) is 14.4 Å². The fourth-order valence-electron chi connectivity index (χ4n) is 8.44. The van der Waals surface area contributed by atoms with Gasteiger partial charge in [-0.15, -0.1) is 0 Å². The molecule has 4 aliphatic carbocycles. The van der Waals surface area contributed by atoms with Crippen LogP contribution in [0.25, 0.3) is 0 Å². The summed E-state index contributed by atoms with van der Waals surface area (Å²) in [7, 11) is 3.01. The lowest BCUT2D eigenvalue weighted by atomic mass is 9.45. The van der Waals surface area contributed by atoms with Gasteiger partial charge in [-0.3, -0.25) is 9.69 Å². The number of hydrogen-bond acceptors (Lipinski definition) is 5. The van der Waals surface area contributed by atoms with Crippen molar-refractivity contribution in [1.29, 1.82) is 0 Å². The summed E-state index contributed by atoms with van der Waals surface area (Å²) in [5.41, 5.74) is 0.199. The molecule has 1 amide bonds. The molecule has 0 saturated heterocycles. The minimum Gasteiger partial charge on any atom is -0.467 e. The second-order valence-corrected chi connectivity index (χ2v) is 12.6. The lowest BCUT2D eigenvalue weighted by Crippen LogP contribution is -2.54. The smallest absolute Gasteiger partial charge is 0.410 e. The van der Waals surface area contributed by atoms with Gasteiger partial charge in [-0.05, 0) is 92.8 Å². The van der Waals surface area contributed by atoms with E-state index in [0.29, 0.717) is 35.9 Å². The van der Waals surface area contributed by atoms with Crippen molar-refractivity contribution >= 4 is 17.8 Å². The number of Topliss-reactive ketones (excluding diaryl/α,β-unsaturated/α-hetero) is 1. The molecule has 0 aromatic rings. The van der Waals surface area contributed by atoms with Gasteiger partial charge in [-0.1, -0.05) is 27.7 Å². The second kappa shape index (κ2) is 9.46. The summed E-state index contributed by atoms with van der Waals surface area (Å²) < 4.78 is 10.9. The molecule has 6 nitrogen and oxygen atoms in total. The molecule has 34 heavy (non-hydrogen) atoms. The van der Waals surface area contributed by atoms with Crippen LogP contribution in [-0.4, -0.2) is 49.0 Å². The van der Waals surface area contributed by atoms with Crippen LogP contribution in [-0.2, 0) is 19.1 Å². The molecule has 192 valence electrons. The Morgan fingerprint density at radius 2 is 1.79 bits per heavy atom. The molecular weight excluding hydrogens is 430 g/mol. The van der Waals surface area contributed by atoms with Crippen molar-refractivity contribution < 1.29 is 23.9 Å². The molecule has 0 aromatic heterocycles. The predicted molar refractivity (Wildman–Crippen MR) is 130 cm³/mol. The number of esters is 1. The molecule has 0 aromatic carbocycles. The van der Waals surface area contributed by atoms with Crippen LogP contribution >= 0.6 is 0 Å². The van der Waals surface area contributed by atoms with Gasteiger partial charge in [0, 0.05) is 18.9 Å². The van der Waals surface area contributed by atoms with Gasteiger partial charge in [0.2, 0.25) is 0 Å². The maximum atomic E-state index is 13.0. The second-order valence-electron chi connectivity index (χ2n) is 12.6. The number of ether oxygens (including phenoxy) is 2. The van der Waals surface area contributed by atoms with E-state index in [4.69, 9.17) is 9.47 Å². The zero-order chi connectivity index (χ0) is 24.8. The monoisotopic (exact) mass is 475 g/mol. The van der Waals surface area contributed by atoms with Crippen LogP contribution in [0.1, 0.15) is 91.9 Å². The number of carbonyl (C=O) groups is 3. The SMILES string of the molecule is COC(=O)C(CC(C)C)N(C)C(=O)OC1CCC2(C)C(CCC3C4CCC(=O)C4(C)CCC32)C1. The van der Waals surface area contributed by atoms with E-state index >= 15 is 0 Å². The fraction of sp³-hybridized carbons (Fsp3) is 0.893. The van der Waals surface area contributed by atoms with E-state index in [-0.39, 0.29) is 22.9 Å². The van der Waals surface area contributed by atoms with E-state index in [2.05, 4.69) is 13.8 Å². The Morgan fingerprint density at radius 1 is 1.06 bits per heavy atom. The van der Waals surface area contributed by atoms with Crippen LogP contribution in [0.2, 0.25) is 0 Å². The number of rotatable bonds is 5. The molecule has 0 aliphatic heterocycles. The topological polar surface area (TPSA) is 72.9 Å². The fourth-order valence-corrected chi connectivity index (χ4v) is 8.44. The zero-order valence-corrected chi connectivity index (χ0v) is 22.1. The first-order chi connectivity index (χ1) is 16.0. The van der Waals surface area contributed by atoms with E-state index in [0.717, 1.165) is 38.5 Å². The van der Waals surface area contributed by atoms with Crippen LogP contribution in [0.5, 0.6) is 0 Å². The number of amides is 1. The minimum atomic E-state index is -0.618. The number of fused-ring (bicyclic) bond motifs is 5. The highest BCUT2D eigenvalue weighted by molar-refractivity contribution is 5.87. The van der Waals surface area contributed by atoms with Gasteiger partial charge in [-0.2, -0.15) is 0 Å². The number of methoxy groups -OCH3 is 1. The van der Waals surface area contributed by atoms with E-state index < -0.39 is 18.1 Å². The molecule has 0 N–H and O–H groups in total. The maximum Gasteiger partial charge on any atom is 0.410 e. The van der Waals surface area contributed by atoms with Gasteiger partial charge < -0.3 is 9.47 Å². The number of nitrogens with zero attached hydrogens (tertiary/aromatic N) is 1. The first-order valence-electron chi connectivity index (χ1n) is 13.6. The normalized spacial score (nSPS) is 40.1. The maximum absolute atomic E-state index is 13.0. The van der Waals surface area contributed by atoms with Crippen molar-refractivity contribution in [2.75, 3.05) is 14.2 Å². The van der Waals surface area contributed by atoms with E-state index in [1.54, 1.807) is 7.05 Å². The Labute approximate surface area is 205 Å². The van der Waals surface area contributed by atoms with Gasteiger partial charge in [0.1, 0.15) is 17.9 Å². The van der Waals surface area contributed by atoms with E-state index in [1.807, 2.05) is 13.8 Å². The molecule has 4 aliphatic rings. The predicted octanol–water partition coefficient (Wildman–Crippen LogP) is 5.62. The summed E-state index contributed by atoms with van der Waals surface area (Å²) in [5.74, 6) is 2.86. The van der Waals surface area contributed by atoms with Crippen molar-refractivity contribution in [1.82, 2.24) is 4.90 Å². The molecule has 4 fully saturated rings. The highest BCUT2D eigenvalue weighted by Gasteiger charge is 2.60. The number of hydrogen-bond donors (Lipinski definition) is 0. The molecule has 0 radical (unpaired) electrons. The lowest BCUT2D eigenvalue weighted by molar-refractivity contribution is -0.148. The largest absolute Gasteiger partial charge is 0.467 e. The van der Waals surface area contributed by atoms with Crippen LogP contribution in [0.4, 0.5) is 4.79 Å². The summed E-state index contributed by atoms with van der Waals surface area (Å²) in [6, 6.07) is -0.618. The minimum absolute atomic E-state index is 0.0756. The number of carbonyl (C=O) groups excluding carboxylic acids is 3. The Balaban J connectivity index is 1.40. The molecule has 8 unspecified atom stereocenters. The zero-order valence-electron chi connectivity index (χ0n) is 22.1. The summed E-state index contributed by atoms with van der Waals surface area (Å²) >= 11 is 0. The highest BCUT2D eigenvalue weighted by Crippen LogP contribution is 2.65. The molecule has 6 heteroatoms. The van der Waals surface area contributed by atoms with Crippen molar-refractivity contribution in [3.63, 3.8) is 0 Å². The molecule has 0 heterocycles. The first-order valence-corrected chi connectivity index (χ1v) is 13.6. The van der Waals surface area contributed by atoms with Crippen LogP contribution < -0.4 is 0 Å².